The molecule has 0 amide bonds. The van der Waals surface area contributed by atoms with Gasteiger partial charge in [-0.25, -0.2) is 4.98 Å². The van der Waals surface area contributed by atoms with Crippen molar-refractivity contribution in [3.63, 3.8) is 0 Å². The molecule has 0 fully saturated rings. The Labute approximate surface area is 105 Å². The van der Waals surface area contributed by atoms with E-state index in [1.807, 2.05) is 5.38 Å². The third-order valence-corrected chi connectivity index (χ3v) is 2.65. The summed E-state index contributed by atoms with van der Waals surface area (Å²) in [6.07, 6.45) is -4.65. The topological polar surface area (TPSA) is 34.1 Å². The molecule has 96 valence electrons. The van der Waals surface area contributed by atoms with Gasteiger partial charge in [0.05, 0.1) is 5.51 Å². The molecule has 0 aliphatic heterocycles. The molecular formula is C11H9F3N2OS. The van der Waals surface area contributed by atoms with Crippen LogP contribution in [0.3, 0.4) is 0 Å². The maximum absolute atomic E-state index is 11.9. The van der Waals surface area contributed by atoms with E-state index in [1.54, 1.807) is 17.6 Å². The Hall–Kier alpha value is -1.76. The number of ether oxygens (including phenoxy) is 1. The van der Waals surface area contributed by atoms with Crippen LogP contribution in [0.15, 0.2) is 35.2 Å². The van der Waals surface area contributed by atoms with E-state index >= 15 is 0 Å². The standard InChI is InChI=1S/C11H9F3N2OS/c12-11(13,14)17-9-3-1-8(2-4-9)5-15-10-6-18-7-16-10/h1-4,6-7,15H,5H2. The van der Waals surface area contributed by atoms with Crippen LogP contribution in [0.25, 0.3) is 0 Å². The second-order valence-electron chi connectivity index (χ2n) is 3.42. The van der Waals surface area contributed by atoms with Crippen molar-refractivity contribution in [2.24, 2.45) is 0 Å². The smallest absolute Gasteiger partial charge is 0.406 e. The van der Waals surface area contributed by atoms with Crippen molar-refractivity contribution in [3.05, 3.63) is 40.7 Å². The third kappa shape index (κ3) is 3.92. The van der Waals surface area contributed by atoms with E-state index in [9.17, 15) is 13.2 Å². The molecule has 0 aliphatic rings. The quantitative estimate of drug-likeness (QED) is 0.924. The van der Waals surface area contributed by atoms with E-state index in [0.717, 1.165) is 11.4 Å². The van der Waals surface area contributed by atoms with Crippen molar-refractivity contribution in [2.45, 2.75) is 12.9 Å². The van der Waals surface area contributed by atoms with Gasteiger partial charge >= 0.3 is 6.36 Å². The monoisotopic (exact) mass is 274 g/mol. The largest absolute Gasteiger partial charge is 0.573 e. The molecule has 3 nitrogen and oxygen atoms in total. The molecule has 1 aromatic heterocycles. The van der Waals surface area contributed by atoms with Gasteiger partial charge in [0.15, 0.2) is 0 Å². The van der Waals surface area contributed by atoms with Crippen LogP contribution in [0.5, 0.6) is 5.75 Å². The molecule has 0 unspecified atom stereocenters. The second kappa shape index (κ2) is 5.26. The van der Waals surface area contributed by atoms with Crippen LogP contribution in [-0.2, 0) is 6.54 Å². The first-order valence-electron chi connectivity index (χ1n) is 5.00. The van der Waals surface area contributed by atoms with Crippen LogP contribution < -0.4 is 10.1 Å². The minimum atomic E-state index is -4.65. The maximum atomic E-state index is 11.9. The summed E-state index contributed by atoms with van der Waals surface area (Å²) < 4.78 is 39.6. The molecule has 0 saturated heterocycles. The summed E-state index contributed by atoms with van der Waals surface area (Å²) in [5.41, 5.74) is 2.54. The first kappa shape index (κ1) is 12.7. The van der Waals surface area contributed by atoms with Crippen LogP contribution in [0, 0.1) is 0 Å². The number of rotatable bonds is 4. The van der Waals surface area contributed by atoms with Gasteiger partial charge in [0.1, 0.15) is 11.6 Å². The summed E-state index contributed by atoms with van der Waals surface area (Å²) >= 11 is 1.46. The van der Waals surface area contributed by atoms with Crippen LogP contribution in [-0.4, -0.2) is 11.3 Å². The molecule has 2 aromatic rings. The zero-order valence-electron chi connectivity index (χ0n) is 9.07. The van der Waals surface area contributed by atoms with Crippen molar-refractivity contribution in [1.29, 1.82) is 0 Å². The fraction of sp³-hybridized carbons (Fsp3) is 0.182. The summed E-state index contributed by atoms with van der Waals surface area (Å²) in [6.45, 7) is 0.496. The van der Waals surface area contributed by atoms with Gasteiger partial charge in [-0.05, 0) is 17.7 Å². The van der Waals surface area contributed by atoms with E-state index in [1.165, 1.54) is 23.5 Å². The summed E-state index contributed by atoms with van der Waals surface area (Å²) in [4.78, 5) is 4.03. The molecule has 1 heterocycles. The Kier molecular flexibility index (Phi) is 3.71. The normalized spacial score (nSPS) is 11.3. The third-order valence-electron chi connectivity index (χ3n) is 2.06. The van der Waals surface area contributed by atoms with Crippen LogP contribution in [0.2, 0.25) is 0 Å². The van der Waals surface area contributed by atoms with Gasteiger partial charge in [-0.1, -0.05) is 12.1 Å². The first-order chi connectivity index (χ1) is 8.53. The van der Waals surface area contributed by atoms with Crippen molar-refractivity contribution >= 4 is 17.2 Å². The lowest BCUT2D eigenvalue weighted by molar-refractivity contribution is -0.274. The SMILES string of the molecule is FC(F)(F)Oc1ccc(CNc2cscn2)cc1. The highest BCUT2D eigenvalue weighted by Crippen LogP contribution is 2.22. The molecule has 0 bridgehead atoms. The molecule has 0 aliphatic carbocycles. The highest BCUT2D eigenvalue weighted by Gasteiger charge is 2.30. The second-order valence-corrected chi connectivity index (χ2v) is 4.14. The van der Waals surface area contributed by atoms with Crippen molar-refractivity contribution in [3.8, 4) is 5.75 Å². The molecule has 0 atom stereocenters. The molecule has 18 heavy (non-hydrogen) atoms. The van der Waals surface area contributed by atoms with Crippen molar-refractivity contribution < 1.29 is 17.9 Å². The zero-order chi connectivity index (χ0) is 13.0. The number of halogens is 3. The van der Waals surface area contributed by atoms with E-state index in [2.05, 4.69) is 15.0 Å². The van der Waals surface area contributed by atoms with Gasteiger partial charge in [0.2, 0.25) is 0 Å². The minimum Gasteiger partial charge on any atom is -0.406 e. The molecule has 0 spiro atoms. The maximum Gasteiger partial charge on any atom is 0.573 e. The van der Waals surface area contributed by atoms with Gasteiger partial charge in [-0.3, -0.25) is 0 Å². The first-order valence-corrected chi connectivity index (χ1v) is 5.94. The van der Waals surface area contributed by atoms with Crippen LogP contribution >= 0.6 is 11.3 Å². The molecule has 1 aromatic carbocycles. The Morgan fingerprint density at radius 1 is 1.22 bits per heavy atom. The number of benzene rings is 1. The van der Waals surface area contributed by atoms with E-state index in [-0.39, 0.29) is 5.75 Å². The zero-order valence-corrected chi connectivity index (χ0v) is 9.89. The Balaban J connectivity index is 1.91. The van der Waals surface area contributed by atoms with Gasteiger partial charge in [0.25, 0.3) is 0 Å². The number of thiazole rings is 1. The predicted octanol–water partition coefficient (Wildman–Crippen LogP) is 3.65. The summed E-state index contributed by atoms with van der Waals surface area (Å²) in [5.74, 6) is 0.524. The molecule has 2 rings (SSSR count). The lowest BCUT2D eigenvalue weighted by Gasteiger charge is -2.09. The van der Waals surface area contributed by atoms with E-state index < -0.39 is 6.36 Å². The summed E-state index contributed by atoms with van der Waals surface area (Å²) in [6, 6.07) is 5.71. The van der Waals surface area contributed by atoms with Crippen molar-refractivity contribution in [2.75, 3.05) is 5.32 Å². The molecular weight excluding hydrogens is 265 g/mol. The summed E-state index contributed by atoms with van der Waals surface area (Å²) in [5, 5.41) is 4.89. The van der Waals surface area contributed by atoms with Gasteiger partial charge in [0, 0.05) is 11.9 Å². The average molecular weight is 274 g/mol. The Morgan fingerprint density at radius 3 is 2.50 bits per heavy atom. The number of aromatic nitrogens is 1. The molecule has 0 radical (unpaired) electrons. The molecule has 1 N–H and O–H groups in total. The number of anilines is 1. The van der Waals surface area contributed by atoms with Gasteiger partial charge in [-0.2, -0.15) is 0 Å². The van der Waals surface area contributed by atoms with E-state index in [4.69, 9.17) is 0 Å². The highest BCUT2D eigenvalue weighted by molar-refractivity contribution is 7.07. The lowest BCUT2D eigenvalue weighted by Crippen LogP contribution is -2.17. The number of alkyl halides is 3. The number of hydrogen-bond donors (Lipinski definition) is 1. The predicted molar refractivity (Wildman–Crippen MR) is 62.6 cm³/mol. The van der Waals surface area contributed by atoms with Crippen molar-refractivity contribution in [1.82, 2.24) is 4.98 Å². The summed E-state index contributed by atoms with van der Waals surface area (Å²) in [7, 11) is 0. The number of nitrogens with one attached hydrogen (secondary N) is 1. The fourth-order valence-electron chi connectivity index (χ4n) is 1.30. The van der Waals surface area contributed by atoms with Gasteiger partial charge < -0.3 is 10.1 Å². The highest BCUT2D eigenvalue weighted by atomic mass is 32.1. The Morgan fingerprint density at radius 2 is 1.94 bits per heavy atom. The molecule has 0 saturated carbocycles. The lowest BCUT2D eigenvalue weighted by atomic mass is 10.2. The van der Waals surface area contributed by atoms with E-state index in [0.29, 0.717) is 6.54 Å². The number of nitrogens with zero attached hydrogens (tertiary/aromatic N) is 1. The van der Waals surface area contributed by atoms with Crippen LogP contribution in [0.1, 0.15) is 5.56 Å². The minimum absolute atomic E-state index is 0.222. The van der Waals surface area contributed by atoms with Gasteiger partial charge in [-0.15, -0.1) is 24.5 Å². The number of hydrogen-bond acceptors (Lipinski definition) is 4. The Bertz CT molecular complexity index is 482. The molecule has 7 heteroatoms. The fourth-order valence-corrected chi connectivity index (χ4v) is 1.81. The average Bonchev–Trinajstić information content (AvgIpc) is 2.79. The van der Waals surface area contributed by atoms with Crippen LogP contribution in [0.4, 0.5) is 19.0 Å².